The van der Waals surface area contributed by atoms with Crippen LogP contribution in [0.15, 0.2) is 29.4 Å². The van der Waals surface area contributed by atoms with Crippen molar-refractivity contribution in [3.05, 3.63) is 34.9 Å². The van der Waals surface area contributed by atoms with E-state index in [0.29, 0.717) is 6.04 Å². The number of halogens is 1. The van der Waals surface area contributed by atoms with Crippen molar-refractivity contribution in [3.63, 3.8) is 0 Å². The van der Waals surface area contributed by atoms with Crippen molar-refractivity contribution in [2.45, 2.75) is 38.8 Å². The summed E-state index contributed by atoms with van der Waals surface area (Å²) in [5.41, 5.74) is 2.05. The maximum absolute atomic E-state index is 6.00. The van der Waals surface area contributed by atoms with Crippen molar-refractivity contribution in [1.82, 2.24) is 4.67 Å². The first-order valence-electron chi connectivity index (χ1n) is 6.60. The molecule has 3 atom stereocenters. The Labute approximate surface area is 122 Å². The van der Waals surface area contributed by atoms with Crippen molar-refractivity contribution >= 4 is 26.7 Å². The molecular formula is C14H20ClN2OP. The molecule has 0 radical (unpaired) electrons. The number of hydrogen-bond acceptors (Lipinski definition) is 3. The fourth-order valence-electron chi connectivity index (χ4n) is 2.22. The summed E-state index contributed by atoms with van der Waals surface area (Å²) in [6, 6.07) is 8.23. The first-order chi connectivity index (χ1) is 9.10. The Hall–Kier alpha value is -0.630. The van der Waals surface area contributed by atoms with Gasteiger partial charge in [0.05, 0.1) is 5.71 Å². The summed E-state index contributed by atoms with van der Waals surface area (Å²) in [6.07, 6.45) is 2.00. The summed E-state index contributed by atoms with van der Waals surface area (Å²) in [4.78, 5) is 5.53. The van der Waals surface area contributed by atoms with Crippen LogP contribution < -0.4 is 0 Å². The van der Waals surface area contributed by atoms with Gasteiger partial charge in [-0.2, -0.15) is 0 Å². The molecule has 0 bridgehead atoms. The van der Waals surface area contributed by atoms with Crippen molar-refractivity contribution < 1.29 is 4.84 Å². The van der Waals surface area contributed by atoms with Crippen molar-refractivity contribution in [1.29, 1.82) is 0 Å². The lowest BCUT2D eigenvalue weighted by Crippen LogP contribution is -2.28. The largest absolute Gasteiger partial charge is 0.392 e. The zero-order valence-corrected chi connectivity index (χ0v) is 13.3. The van der Waals surface area contributed by atoms with Gasteiger partial charge in [-0.25, -0.2) is 0 Å². The second-order valence-corrected chi connectivity index (χ2v) is 5.99. The second-order valence-electron chi connectivity index (χ2n) is 4.90. The lowest BCUT2D eigenvalue weighted by molar-refractivity contribution is 0.0659. The van der Waals surface area contributed by atoms with Crippen LogP contribution >= 0.6 is 21.0 Å². The number of oxime groups is 1. The summed E-state index contributed by atoms with van der Waals surface area (Å²) in [5, 5.41) is 4.93. The highest BCUT2D eigenvalue weighted by Gasteiger charge is 2.25. The van der Waals surface area contributed by atoms with E-state index in [1.165, 1.54) is 0 Å². The number of nitrogens with zero attached hydrogens (tertiary/aromatic N) is 2. The van der Waals surface area contributed by atoms with Crippen LogP contribution in [-0.2, 0) is 4.84 Å². The zero-order chi connectivity index (χ0) is 13.8. The van der Waals surface area contributed by atoms with Gasteiger partial charge in [0.1, 0.15) is 6.10 Å². The molecule has 3 nitrogen and oxygen atoms in total. The molecule has 5 heteroatoms. The van der Waals surface area contributed by atoms with Crippen molar-refractivity contribution in [3.8, 4) is 0 Å². The Morgan fingerprint density at radius 3 is 3.05 bits per heavy atom. The molecule has 1 aromatic rings. The Balaban J connectivity index is 1.92. The predicted molar refractivity (Wildman–Crippen MR) is 83.6 cm³/mol. The topological polar surface area (TPSA) is 24.8 Å². The molecule has 0 spiro atoms. The van der Waals surface area contributed by atoms with Gasteiger partial charge in [-0.1, -0.05) is 45.2 Å². The van der Waals surface area contributed by atoms with E-state index in [2.05, 4.69) is 33.1 Å². The minimum atomic E-state index is 0.165. The van der Waals surface area contributed by atoms with Gasteiger partial charge >= 0.3 is 0 Å². The highest BCUT2D eigenvalue weighted by molar-refractivity contribution is 7.13. The molecule has 19 heavy (non-hydrogen) atoms. The molecule has 0 amide bonds. The summed E-state index contributed by atoms with van der Waals surface area (Å²) >= 11 is 6.00. The van der Waals surface area contributed by atoms with Gasteiger partial charge in [0.15, 0.2) is 0 Å². The third-order valence-corrected chi connectivity index (χ3v) is 4.54. The first-order valence-corrected chi connectivity index (χ1v) is 7.49. The fraction of sp³-hybridized carbons (Fsp3) is 0.500. The standard InChI is InChI=1S/C14H20ClN2OP/c1-3-17(19)10(2)7-13-9-14(16-18-13)11-5-4-6-12(15)8-11/h4-6,8,10,13H,3,7,9,19H2,1-2H3. The van der Waals surface area contributed by atoms with Crippen LogP contribution in [0.1, 0.15) is 32.3 Å². The molecule has 0 saturated heterocycles. The van der Waals surface area contributed by atoms with Crippen LogP contribution in [0.3, 0.4) is 0 Å². The average Bonchev–Trinajstić information content (AvgIpc) is 2.86. The van der Waals surface area contributed by atoms with Crippen LogP contribution in [0.2, 0.25) is 5.02 Å². The van der Waals surface area contributed by atoms with E-state index < -0.39 is 0 Å². The molecule has 1 aliphatic heterocycles. The van der Waals surface area contributed by atoms with Crippen molar-refractivity contribution in [2.75, 3.05) is 6.54 Å². The van der Waals surface area contributed by atoms with E-state index >= 15 is 0 Å². The van der Waals surface area contributed by atoms with Crippen LogP contribution in [0.25, 0.3) is 0 Å². The molecule has 2 rings (SSSR count). The molecular weight excluding hydrogens is 279 g/mol. The maximum Gasteiger partial charge on any atom is 0.134 e. The van der Waals surface area contributed by atoms with E-state index in [-0.39, 0.29) is 6.10 Å². The Morgan fingerprint density at radius 2 is 2.37 bits per heavy atom. The Morgan fingerprint density at radius 1 is 1.58 bits per heavy atom. The van der Waals surface area contributed by atoms with Gasteiger partial charge in [-0.3, -0.25) is 4.67 Å². The molecule has 1 aromatic carbocycles. The fourth-order valence-corrected chi connectivity index (χ4v) is 2.53. The van der Waals surface area contributed by atoms with Crippen LogP contribution in [0.4, 0.5) is 0 Å². The monoisotopic (exact) mass is 298 g/mol. The molecule has 0 saturated carbocycles. The zero-order valence-electron chi connectivity index (χ0n) is 11.3. The van der Waals surface area contributed by atoms with Crippen LogP contribution in [0, 0.1) is 0 Å². The molecule has 1 aliphatic rings. The smallest absolute Gasteiger partial charge is 0.134 e. The molecule has 0 fully saturated rings. The number of benzene rings is 1. The normalized spacial score (nSPS) is 20.3. The van der Waals surface area contributed by atoms with E-state index in [9.17, 15) is 0 Å². The Kier molecular flexibility index (Phi) is 5.20. The molecule has 104 valence electrons. The van der Waals surface area contributed by atoms with Crippen LogP contribution in [0.5, 0.6) is 0 Å². The van der Waals surface area contributed by atoms with Gasteiger partial charge in [-0.05, 0) is 25.6 Å². The highest BCUT2D eigenvalue weighted by Crippen LogP contribution is 2.23. The van der Waals surface area contributed by atoms with Gasteiger partial charge in [0.2, 0.25) is 0 Å². The third-order valence-electron chi connectivity index (χ3n) is 3.43. The quantitative estimate of drug-likeness (QED) is 0.774. The molecule has 3 unspecified atom stereocenters. The van der Waals surface area contributed by atoms with E-state index in [0.717, 1.165) is 35.7 Å². The number of rotatable bonds is 5. The minimum Gasteiger partial charge on any atom is -0.392 e. The van der Waals surface area contributed by atoms with Gasteiger partial charge in [0, 0.05) is 29.5 Å². The molecule has 1 heterocycles. The molecule has 0 aliphatic carbocycles. The number of hydrogen-bond donors (Lipinski definition) is 0. The summed E-state index contributed by atoms with van der Waals surface area (Å²) in [7, 11) is 2.76. The maximum atomic E-state index is 6.00. The van der Waals surface area contributed by atoms with E-state index in [1.54, 1.807) is 0 Å². The molecule has 0 N–H and O–H groups in total. The van der Waals surface area contributed by atoms with E-state index in [1.807, 2.05) is 24.3 Å². The Bertz CT molecular complexity index is 467. The van der Waals surface area contributed by atoms with Crippen molar-refractivity contribution in [2.24, 2.45) is 5.16 Å². The average molecular weight is 299 g/mol. The lowest BCUT2D eigenvalue weighted by atomic mass is 10.0. The minimum absolute atomic E-state index is 0.165. The summed E-state index contributed by atoms with van der Waals surface area (Å²) < 4.78 is 2.24. The van der Waals surface area contributed by atoms with Crippen LogP contribution in [-0.4, -0.2) is 29.1 Å². The SMILES string of the molecule is CCN(P)C(C)CC1CC(c2cccc(Cl)c2)=NO1. The highest BCUT2D eigenvalue weighted by atomic mass is 35.5. The van der Waals surface area contributed by atoms with Gasteiger partial charge in [-0.15, -0.1) is 0 Å². The predicted octanol–water partition coefficient (Wildman–Crippen LogP) is 3.72. The third kappa shape index (κ3) is 3.92. The van der Waals surface area contributed by atoms with E-state index in [4.69, 9.17) is 16.4 Å². The first kappa shape index (κ1) is 14.8. The van der Waals surface area contributed by atoms with Gasteiger partial charge in [0.25, 0.3) is 0 Å². The van der Waals surface area contributed by atoms with Gasteiger partial charge < -0.3 is 4.84 Å². The second kappa shape index (κ2) is 6.69. The summed E-state index contributed by atoms with van der Waals surface area (Å²) in [5.74, 6) is 0. The summed E-state index contributed by atoms with van der Waals surface area (Å²) in [6.45, 7) is 5.37. The lowest BCUT2D eigenvalue weighted by Gasteiger charge is -2.24. The molecule has 0 aromatic heterocycles.